The highest BCUT2D eigenvalue weighted by atomic mass is 79.9. The molecule has 0 bridgehead atoms. The van der Waals surface area contributed by atoms with Gasteiger partial charge in [0.15, 0.2) is 0 Å². The summed E-state index contributed by atoms with van der Waals surface area (Å²) in [5.74, 6) is 0.311. The molecule has 0 amide bonds. The van der Waals surface area contributed by atoms with E-state index in [1.807, 2.05) is 12.1 Å². The summed E-state index contributed by atoms with van der Waals surface area (Å²) in [6.07, 6.45) is 0. The maximum Gasteiger partial charge on any atom is 0.315 e. The van der Waals surface area contributed by atoms with Gasteiger partial charge >= 0.3 is 5.97 Å². The smallest absolute Gasteiger partial charge is 0.315 e. The molecule has 1 aliphatic rings. The number of aromatic nitrogens is 1. The highest BCUT2D eigenvalue weighted by Crippen LogP contribution is 2.31. The Kier molecular flexibility index (Phi) is 2.41. The van der Waals surface area contributed by atoms with Gasteiger partial charge in [0.05, 0.1) is 7.11 Å². The summed E-state index contributed by atoms with van der Waals surface area (Å²) in [6.45, 7) is 0.561. The zero-order valence-corrected chi connectivity index (χ0v) is 9.17. The highest BCUT2D eigenvalue weighted by molar-refractivity contribution is 9.10. The van der Waals surface area contributed by atoms with Crippen LogP contribution in [-0.2, 0) is 9.53 Å². The fourth-order valence-electron chi connectivity index (χ4n) is 1.53. The van der Waals surface area contributed by atoms with Crippen molar-refractivity contribution >= 4 is 27.7 Å². The SMILES string of the molecule is COC(=O)C1CNc2nc(Br)ccc21. The van der Waals surface area contributed by atoms with Crippen molar-refractivity contribution in [3.05, 3.63) is 22.3 Å². The number of ether oxygens (including phenoxy) is 1. The first kappa shape index (κ1) is 9.45. The van der Waals surface area contributed by atoms with Crippen LogP contribution in [0.1, 0.15) is 11.5 Å². The first-order valence-electron chi connectivity index (χ1n) is 4.20. The first-order valence-corrected chi connectivity index (χ1v) is 5.00. The lowest BCUT2D eigenvalue weighted by Gasteiger charge is -2.06. The van der Waals surface area contributed by atoms with Gasteiger partial charge in [0.1, 0.15) is 16.3 Å². The van der Waals surface area contributed by atoms with Crippen LogP contribution in [0.3, 0.4) is 0 Å². The maximum absolute atomic E-state index is 11.4. The molecule has 4 nitrogen and oxygen atoms in total. The van der Waals surface area contributed by atoms with Crippen LogP contribution in [0, 0.1) is 0 Å². The fourth-order valence-corrected chi connectivity index (χ4v) is 1.84. The molecular formula is C9H9BrN2O2. The van der Waals surface area contributed by atoms with E-state index in [4.69, 9.17) is 4.74 Å². The Labute approximate surface area is 89.8 Å². The molecule has 1 aliphatic heterocycles. The number of rotatable bonds is 1. The van der Waals surface area contributed by atoms with Crippen LogP contribution in [0.15, 0.2) is 16.7 Å². The molecule has 0 saturated heterocycles. The van der Waals surface area contributed by atoms with Crippen LogP contribution in [0.25, 0.3) is 0 Å². The Hall–Kier alpha value is -1.10. The average Bonchev–Trinajstić information content (AvgIpc) is 2.59. The Bertz CT molecular complexity index is 381. The average molecular weight is 257 g/mol. The first-order chi connectivity index (χ1) is 6.72. The van der Waals surface area contributed by atoms with Gasteiger partial charge in [0.25, 0.3) is 0 Å². The molecule has 74 valence electrons. The third-order valence-corrected chi connectivity index (χ3v) is 2.67. The standard InChI is InChI=1S/C9H9BrN2O2/c1-14-9(13)6-4-11-8-5(6)2-3-7(10)12-8/h2-3,6H,4H2,1H3,(H,11,12). The molecule has 0 fully saturated rings. The van der Waals surface area contributed by atoms with E-state index in [2.05, 4.69) is 26.2 Å². The van der Waals surface area contributed by atoms with Crippen molar-refractivity contribution in [1.29, 1.82) is 0 Å². The summed E-state index contributed by atoms with van der Waals surface area (Å²) < 4.78 is 5.46. The number of methoxy groups -OCH3 is 1. The Morgan fingerprint density at radius 1 is 1.71 bits per heavy atom. The number of hydrogen-bond acceptors (Lipinski definition) is 4. The number of nitrogens with zero attached hydrogens (tertiary/aromatic N) is 1. The molecule has 0 radical (unpaired) electrons. The second-order valence-corrected chi connectivity index (χ2v) is 3.84. The van der Waals surface area contributed by atoms with Crippen molar-refractivity contribution in [3.8, 4) is 0 Å². The quantitative estimate of drug-likeness (QED) is 0.612. The third kappa shape index (κ3) is 1.48. The van der Waals surface area contributed by atoms with Crippen LogP contribution in [0.2, 0.25) is 0 Å². The largest absolute Gasteiger partial charge is 0.468 e. The number of halogens is 1. The minimum Gasteiger partial charge on any atom is -0.468 e. The molecule has 1 aromatic heterocycles. The van der Waals surface area contributed by atoms with Crippen molar-refractivity contribution < 1.29 is 9.53 Å². The van der Waals surface area contributed by atoms with E-state index >= 15 is 0 Å². The van der Waals surface area contributed by atoms with Gasteiger partial charge in [0, 0.05) is 12.1 Å². The van der Waals surface area contributed by atoms with Crippen LogP contribution >= 0.6 is 15.9 Å². The van der Waals surface area contributed by atoms with Gasteiger partial charge in [-0.3, -0.25) is 4.79 Å². The normalized spacial score (nSPS) is 18.6. The Morgan fingerprint density at radius 3 is 3.21 bits per heavy atom. The topological polar surface area (TPSA) is 51.2 Å². The minimum atomic E-state index is -0.226. The zero-order valence-electron chi connectivity index (χ0n) is 7.58. The Morgan fingerprint density at radius 2 is 2.50 bits per heavy atom. The fraction of sp³-hybridized carbons (Fsp3) is 0.333. The van der Waals surface area contributed by atoms with Crippen LogP contribution < -0.4 is 5.32 Å². The number of carbonyl (C=O) groups excluding carboxylic acids is 1. The molecule has 0 aliphatic carbocycles. The molecule has 2 heterocycles. The summed E-state index contributed by atoms with van der Waals surface area (Å²) >= 11 is 3.27. The van der Waals surface area contributed by atoms with Crippen molar-refractivity contribution in [2.24, 2.45) is 0 Å². The lowest BCUT2D eigenvalue weighted by molar-refractivity contribution is -0.141. The number of hydrogen-bond donors (Lipinski definition) is 1. The van der Waals surface area contributed by atoms with Crippen molar-refractivity contribution in [3.63, 3.8) is 0 Å². The molecule has 1 N–H and O–H groups in total. The van der Waals surface area contributed by atoms with Gasteiger partial charge in [-0.15, -0.1) is 0 Å². The van der Waals surface area contributed by atoms with Crippen LogP contribution in [0.4, 0.5) is 5.82 Å². The summed E-state index contributed by atoms with van der Waals surface area (Å²) in [7, 11) is 1.40. The van der Waals surface area contributed by atoms with E-state index in [1.54, 1.807) is 0 Å². The molecule has 1 unspecified atom stereocenters. The number of nitrogens with one attached hydrogen (secondary N) is 1. The number of esters is 1. The molecular weight excluding hydrogens is 248 g/mol. The summed E-state index contributed by atoms with van der Waals surface area (Å²) in [5.41, 5.74) is 0.903. The molecule has 5 heteroatoms. The van der Waals surface area contributed by atoms with E-state index in [1.165, 1.54) is 7.11 Å². The second kappa shape index (κ2) is 3.57. The van der Waals surface area contributed by atoms with E-state index in [-0.39, 0.29) is 11.9 Å². The number of carbonyl (C=O) groups is 1. The van der Waals surface area contributed by atoms with Gasteiger partial charge in [-0.1, -0.05) is 6.07 Å². The predicted octanol–water partition coefficient (Wildman–Crippen LogP) is 1.53. The molecule has 1 aromatic rings. The zero-order chi connectivity index (χ0) is 10.1. The predicted molar refractivity (Wildman–Crippen MR) is 55.2 cm³/mol. The molecule has 1 atom stereocenters. The van der Waals surface area contributed by atoms with Crippen LogP contribution in [0.5, 0.6) is 0 Å². The molecule has 14 heavy (non-hydrogen) atoms. The number of anilines is 1. The lowest BCUT2D eigenvalue weighted by atomic mass is 10.0. The van der Waals surface area contributed by atoms with Gasteiger partial charge in [-0.25, -0.2) is 4.98 Å². The molecule has 0 spiro atoms. The summed E-state index contributed by atoms with van der Waals surface area (Å²) in [6, 6.07) is 3.70. The van der Waals surface area contributed by atoms with E-state index < -0.39 is 0 Å². The number of fused-ring (bicyclic) bond motifs is 1. The molecule has 0 saturated carbocycles. The van der Waals surface area contributed by atoms with Gasteiger partial charge < -0.3 is 10.1 Å². The van der Waals surface area contributed by atoms with E-state index in [9.17, 15) is 4.79 Å². The minimum absolute atomic E-state index is 0.222. The highest BCUT2D eigenvalue weighted by Gasteiger charge is 2.30. The Balaban J connectivity index is 2.35. The van der Waals surface area contributed by atoms with Gasteiger partial charge in [-0.05, 0) is 22.0 Å². The molecule has 0 aromatic carbocycles. The molecule has 2 rings (SSSR count). The second-order valence-electron chi connectivity index (χ2n) is 3.03. The lowest BCUT2D eigenvalue weighted by Crippen LogP contribution is -2.15. The summed E-state index contributed by atoms with van der Waals surface area (Å²) in [5, 5.41) is 3.06. The van der Waals surface area contributed by atoms with E-state index in [0.717, 1.165) is 16.0 Å². The van der Waals surface area contributed by atoms with Crippen molar-refractivity contribution in [1.82, 2.24) is 4.98 Å². The summed E-state index contributed by atoms with van der Waals surface area (Å²) in [4.78, 5) is 15.6. The van der Waals surface area contributed by atoms with Crippen LogP contribution in [-0.4, -0.2) is 24.6 Å². The third-order valence-electron chi connectivity index (χ3n) is 2.23. The monoisotopic (exact) mass is 256 g/mol. The van der Waals surface area contributed by atoms with Gasteiger partial charge in [0.2, 0.25) is 0 Å². The number of pyridine rings is 1. The van der Waals surface area contributed by atoms with Crippen molar-refractivity contribution in [2.45, 2.75) is 5.92 Å². The van der Waals surface area contributed by atoms with E-state index in [0.29, 0.717) is 6.54 Å². The van der Waals surface area contributed by atoms with Crippen molar-refractivity contribution in [2.75, 3.05) is 19.0 Å². The van der Waals surface area contributed by atoms with Gasteiger partial charge in [-0.2, -0.15) is 0 Å². The maximum atomic E-state index is 11.4.